The van der Waals surface area contributed by atoms with Gasteiger partial charge in [0.1, 0.15) is 6.04 Å². The Morgan fingerprint density at radius 3 is 2.67 bits per heavy atom. The number of nitrogens with zero attached hydrogens (tertiary/aromatic N) is 2. The molecule has 1 aromatic carbocycles. The summed E-state index contributed by atoms with van der Waals surface area (Å²) in [4.78, 5) is 4.70. The fourth-order valence-corrected chi connectivity index (χ4v) is 3.54. The maximum atomic E-state index is 5.55. The number of fused-ring (bicyclic) bond motifs is 1. The first kappa shape index (κ1) is 12.9. The van der Waals surface area contributed by atoms with E-state index in [1.807, 2.05) is 0 Å². The summed E-state index contributed by atoms with van der Waals surface area (Å²) in [7, 11) is 0. The highest BCUT2D eigenvalue weighted by Gasteiger charge is 2.28. The zero-order chi connectivity index (χ0) is 14.1. The van der Waals surface area contributed by atoms with Crippen LogP contribution in [0, 0.1) is 0 Å². The van der Waals surface area contributed by atoms with Gasteiger partial charge in [0, 0.05) is 18.0 Å². The molecule has 0 amide bonds. The molecular formula is C17H21N3O. The number of nitrogens with one attached hydrogen (secondary N) is 1. The molecule has 2 aromatic rings. The number of rotatable bonds is 2. The molecule has 110 valence electrons. The lowest BCUT2D eigenvalue weighted by Crippen LogP contribution is -2.07. The summed E-state index contributed by atoms with van der Waals surface area (Å²) in [5, 5.41) is 7.75. The molecule has 4 rings (SSSR count). The molecule has 1 saturated carbocycles. The minimum atomic E-state index is 0.134. The van der Waals surface area contributed by atoms with E-state index in [1.54, 1.807) is 0 Å². The van der Waals surface area contributed by atoms with Crippen LogP contribution in [0.2, 0.25) is 0 Å². The summed E-state index contributed by atoms with van der Waals surface area (Å²) in [5.41, 5.74) is 2.52. The van der Waals surface area contributed by atoms with Gasteiger partial charge in [-0.25, -0.2) is 0 Å². The fourth-order valence-electron chi connectivity index (χ4n) is 3.54. The maximum Gasteiger partial charge on any atom is 0.249 e. The van der Waals surface area contributed by atoms with Crippen molar-refractivity contribution in [1.82, 2.24) is 10.1 Å². The van der Waals surface area contributed by atoms with Gasteiger partial charge in [0.25, 0.3) is 0 Å². The van der Waals surface area contributed by atoms with Gasteiger partial charge in [0.15, 0.2) is 5.82 Å². The summed E-state index contributed by atoms with van der Waals surface area (Å²) < 4.78 is 5.55. The average molecular weight is 283 g/mol. The molecule has 0 bridgehead atoms. The van der Waals surface area contributed by atoms with Crippen LogP contribution >= 0.6 is 0 Å². The van der Waals surface area contributed by atoms with E-state index in [0.29, 0.717) is 5.92 Å². The van der Waals surface area contributed by atoms with Gasteiger partial charge in [-0.15, -0.1) is 0 Å². The number of hydrogen-bond acceptors (Lipinski definition) is 4. The van der Waals surface area contributed by atoms with Gasteiger partial charge in [0.2, 0.25) is 5.89 Å². The summed E-state index contributed by atoms with van der Waals surface area (Å²) >= 11 is 0. The fraction of sp³-hybridized carbons (Fsp3) is 0.529. The highest BCUT2D eigenvalue weighted by Crippen LogP contribution is 2.35. The van der Waals surface area contributed by atoms with Crippen LogP contribution in [0.15, 0.2) is 28.8 Å². The van der Waals surface area contributed by atoms with Crippen LogP contribution in [0.1, 0.15) is 67.8 Å². The van der Waals surface area contributed by atoms with Crippen LogP contribution in [-0.4, -0.2) is 10.1 Å². The third-order valence-electron chi connectivity index (χ3n) is 4.75. The molecule has 2 aliphatic rings. The van der Waals surface area contributed by atoms with Crippen molar-refractivity contribution in [3.8, 4) is 0 Å². The second-order valence-electron chi connectivity index (χ2n) is 6.24. The van der Waals surface area contributed by atoms with Crippen LogP contribution in [0.4, 0.5) is 5.69 Å². The average Bonchev–Trinajstić information content (AvgIpc) is 3.07. The zero-order valence-corrected chi connectivity index (χ0v) is 12.2. The van der Waals surface area contributed by atoms with Crippen LogP contribution < -0.4 is 5.32 Å². The lowest BCUT2D eigenvalue weighted by atomic mass is 10.00. The monoisotopic (exact) mass is 283 g/mol. The molecule has 4 heteroatoms. The first-order valence-corrected chi connectivity index (χ1v) is 8.08. The van der Waals surface area contributed by atoms with Gasteiger partial charge in [-0.3, -0.25) is 0 Å². The number of para-hydroxylation sites is 1. The molecule has 1 aliphatic heterocycles. The third kappa shape index (κ3) is 2.55. The molecule has 2 heterocycles. The number of benzene rings is 1. The van der Waals surface area contributed by atoms with Gasteiger partial charge in [-0.05, 0) is 24.5 Å². The Labute approximate surface area is 124 Å². The van der Waals surface area contributed by atoms with E-state index in [2.05, 4.69) is 34.7 Å². The predicted molar refractivity (Wildman–Crippen MR) is 81.3 cm³/mol. The minimum Gasteiger partial charge on any atom is -0.373 e. The lowest BCUT2D eigenvalue weighted by molar-refractivity contribution is 0.354. The molecule has 1 aromatic heterocycles. The van der Waals surface area contributed by atoms with Crippen molar-refractivity contribution < 1.29 is 4.52 Å². The van der Waals surface area contributed by atoms with Crippen molar-refractivity contribution in [1.29, 1.82) is 0 Å². The largest absolute Gasteiger partial charge is 0.373 e. The molecule has 1 N–H and O–H groups in total. The molecule has 21 heavy (non-hydrogen) atoms. The van der Waals surface area contributed by atoms with E-state index >= 15 is 0 Å². The quantitative estimate of drug-likeness (QED) is 0.838. The standard InChI is InChI=1S/C17H21N3O/c1-2-4-8-12(7-3-1)16-19-17(21-20-16)15-11-13-9-5-6-10-14(13)18-15/h5-6,9-10,12,15,18H,1-4,7-8,11H2/t15-/m0/s1. The van der Waals surface area contributed by atoms with E-state index in [0.717, 1.165) is 18.1 Å². The van der Waals surface area contributed by atoms with Crippen LogP contribution in [0.25, 0.3) is 0 Å². The van der Waals surface area contributed by atoms with Crippen LogP contribution in [-0.2, 0) is 6.42 Å². The Morgan fingerprint density at radius 2 is 1.86 bits per heavy atom. The van der Waals surface area contributed by atoms with Gasteiger partial charge >= 0.3 is 0 Å². The van der Waals surface area contributed by atoms with Crippen LogP contribution in [0.3, 0.4) is 0 Å². The zero-order valence-electron chi connectivity index (χ0n) is 12.2. The normalized spacial score (nSPS) is 22.6. The van der Waals surface area contributed by atoms with E-state index in [-0.39, 0.29) is 6.04 Å². The topological polar surface area (TPSA) is 51.0 Å². The van der Waals surface area contributed by atoms with Crippen molar-refractivity contribution >= 4 is 5.69 Å². The maximum absolute atomic E-state index is 5.55. The highest BCUT2D eigenvalue weighted by atomic mass is 16.5. The number of anilines is 1. The Kier molecular flexibility index (Phi) is 3.37. The third-order valence-corrected chi connectivity index (χ3v) is 4.75. The van der Waals surface area contributed by atoms with Gasteiger partial charge in [-0.1, -0.05) is 49.0 Å². The van der Waals surface area contributed by atoms with Gasteiger partial charge < -0.3 is 9.84 Å². The SMILES string of the molecule is c1ccc2c(c1)C[C@@H](c1nc(C3CCCCCC3)no1)N2. The van der Waals surface area contributed by atoms with E-state index in [4.69, 9.17) is 9.51 Å². The van der Waals surface area contributed by atoms with Crippen molar-refractivity contribution in [2.45, 2.75) is 56.9 Å². The van der Waals surface area contributed by atoms with E-state index in [9.17, 15) is 0 Å². The molecule has 4 nitrogen and oxygen atoms in total. The summed E-state index contributed by atoms with van der Waals surface area (Å²) in [6.07, 6.45) is 8.63. The van der Waals surface area contributed by atoms with Crippen molar-refractivity contribution in [3.05, 3.63) is 41.5 Å². The number of hydrogen-bond donors (Lipinski definition) is 1. The Hall–Kier alpha value is -1.84. The summed E-state index contributed by atoms with van der Waals surface area (Å²) in [6.45, 7) is 0. The molecule has 0 unspecified atom stereocenters. The van der Waals surface area contributed by atoms with Crippen molar-refractivity contribution in [3.63, 3.8) is 0 Å². The van der Waals surface area contributed by atoms with Crippen molar-refractivity contribution in [2.75, 3.05) is 5.32 Å². The first-order chi connectivity index (χ1) is 10.4. The summed E-state index contributed by atoms with van der Waals surface area (Å²) in [6, 6.07) is 8.53. The first-order valence-electron chi connectivity index (χ1n) is 8.08. The highest BCUT2D eigenvalue weighted by molar-refractivity contribution is 5.56. The second-order valence-corrected chi connectivity index (χ2v) is 6.24. The van der Waals surface area contributed by atoms with Crippen LogP contribution in [0.5, 0.6) is 0 Å². The van der Waals surface area contributed by atoms with Gasteiger partial charge in [-0.2, -0.15) is 4.98 Å². The molecular weight excluding hydrogens is 262 g/mol. The number of aromatic nitrogens is 2. The van der Waals surface area contributed by atoms with E-state index in [1.165, 1.54) is 49.8 Å². The predicted octanol–water partition coefficient (Wildman–Crippen LogP) is 4.22. The molecule has 1 atom stereocenters. The van der Waals surface area contributed by atoms with E-state index < -0.39 is 0 Å². The minimum absolute atomic E-state index is 0.134. The molecule has 1 aliphatic carbocycles. The van der Waals surface area contributed by atoms with Gasteiger partial charge in [0.05, 0.1) is 0 Å². The molecule has 0 radical (unpaired) electrons. The Bertz CT molecular complexity index is 589. The molecule has 0 spiro atoms. The second kappa shape index (κ2) is 5.51. The lowest BCUT2D eigenvalue weighted by Gasteiger charge is -2.08. The molecule has 0 saturated heterocycles. The smallest absolute Gasteiger partial charge is 0.249 e. The molecule has 1 fully saturated rings. The van der Waals surface area contributed by atoms with Crippen molar-refractivity contribution in [2.24, 2.45) is 0 Å². The Morgan fingerprint density at radius 1 is 1.05 bits per heavy atom. The summed E-state index contributed by atoms with van der Waals surface area (Å²) in [5.74, 6) is 2.16. The Balaban J connectivity index is 1.50.